The fourth-order valence-corrected chi connectivity index (χ4v) is 10.1. The number of thioether (sulfide) groups is 1. The van der Waals surface area contributed by atoms with Crippen LogP contribution >= 0.6 is 11.8 Å². The van der Waals surface area contributed by atoms with Gasteiger partial charge in [-0.25, -0.2) is 9.59 Å². The molecule has 350 valence electrons. The van der Waals surface area contributed by atoms with Gasteiger partial charge in [0.25, 0.3) is 0 Å². The van der Waals surface area contributed by atoms with Crippen molar-refractivity contribution in [2.75, 3.05) is 40.7 Å². The average Bonchev–Trinajstić information content (AvgIpc) is 4.01. The first-order chi connectivity index (χ1) is 28.7. The summed E-state index contributed by atoms with van der Waals surface area (Å²) >= 11 is 1.12. The van der Waals surface area contributed by atoms with Crippen molar-refractivity contribution in [1.29, 1.82) is 0 Å². The number of cyclic esters (lactones) is 1. The molecule has 0 aromatic rings. The van der Waals surface area contributed by atoms with Crippen molar-refractivity contribution in [3.63, 3.8) is 0 Å². The summed E-state index contributed by atoms with van der Waals surface area (Å²) in [5.41, 5.74) is -2.05. The molecule has 0 spiro atoms. The summed E-state index contributed by atoms with van der Waals surface area (Å²) in [4.78, 5) is 53.9. The molecule has 18 nitrogen and oxygen atoms in total. The quantitative estimate of drug-likeness (QED) is 0.122. The number of epoxide rings is 1. The molecule has 4 heterocycles. The van der Waals surface area contributed by atoms with Gasteiger partial charge >= 0.3 is 11.9 Å². The third-order valence-electron chi connectivity index (χ3n) is 12.4. The number of amides is 1. The molecule has 4 rings (SSSR count). The number of rotatable bonds is 14. The van der Waals surface area contributed by atoms with Crippen LogP contribution in [0.2, 0.25) is 0 Å². The molecule has 5 N–H and O–H groups in total. The number of carbonyl (C=O) groups excluding carboxylic acids is 3. The molecular formula is C42H70N2O16S. The fraction of sp³-hybridized carbons (Fsp3) is 0.857. The molecule has 4 aliphatic heterocycles. The zero-order chi connectivity index (χ0) is 45.5. The number of methoxy groups -OCH3 is 2. The van der Waals surface area contributed by atoms with Gasteiger partial charge in [0.2, 0.25) is 5.91 Å². The number of hydrogen-bond acceptors (Lipinski definition) is 17. The Labute approximate surface area is 363 Å². The molecule has 3 saturated heterocycles. The van der Waals surface area contributed by atoms with E-state index in [-0.39, 0.29) is 42.4 Å². The lowest BCUT2D eigenvalue weighted by molar-refractivity contribution is -0.313. The predicted molar refractivity (Wildman–Crippen MR) is 221 cm³/mol. The minimum Gasteiger partial charge on any atom is -0.480 e. The lowest BCUT2D eigenvalue weighted by Gasteiger charge is -2.43. The Kier molecular flexibility index (Phi) is 19.0. The molecule has 1 amide bonds. The highest BCUT2D eigenvalue weighted by Crippen LogP contribution is 2.45. The zero-order valence-electron chi connectivity index (χ0n) is 37.3. The van der Waals surface area contributed by atoms with E-state index in [9.17, 15) is 39.6 Å². The molecular weight excluding hydrogens is 821 g/mol. The summed E-state index contributed by atoms with van der Waals surface area (Å²) in [6.45, 7) is 11.6. The van der Waals surface area contributed by atoms with Gasteiger partial charge in [0, 0.05) is 62.5 Å². The van der Waals surface area contributed by atoms with Gasteiger partial charge in [-0.05, 0) is 53.1 Å². The van der Waals surface area contributed by atoms with E-state index in [0.717, 1.165) is 11.8 Å². The van der Waals surface area contributed by atoms with Crippen LogP contribution in [0.3, 0.4) is 0 Å². The maximum absolute atomic E-state index is 14.2. The van der Waals surface area contributed by atoms with E-state index in [4.69, 9.17) is 37.9 Å². The van der Waals surface area contributed by atoms with Crippen LogP contribution in [0, 0.1) is 17.8 Å². The summed E-state index contributed by atoms with van der Waals surface area (Å²) < 4.78 is 48.2. The Morgan fingerprint density at radius 3 is 2.25 bits per heavy atom. The highest BCUT2D eigenvalue weighted by Gasteiger charge is 2.62. The second kappa shape index (κ2) is 22.6. The first-order valence-electron chi connectivity index (χ1n) is 21.2. The van der Waals surface area contributed by atoms with Gasteiger partial charge in [-0.1, -0.05) is 33.8 Å². The van der Waals surface area contributed by atoms with Crippen LogP contribution in [0.5, 0.6) is 0 Å². The predicted octanol–water partition coefficient (Wildman–Crippen LogP) is 1.29. The van der Waals surface area contributed by atoms with Gasteiger partial charge in [-0.15, -0.1) is 0 Å². The van der Waals surface area contributed by atoms with E-state index in [0.29, 0.717) is 12.8 Å². The number of esters is 1. The number of aliphatic carboxylic acids is 1. The number of aliphatic hydroxyl groups excluding tert-OH is 2. The first kappa shape index (κ1) is 51.4. The second-order valence-electron chi connectivity index (χ2n) is 17.4. The molecule has 19 heteroatoms. The summed E-state index contributed by atoms with van der Waals surface area (Å²) in [5.74, 6) is -4.11. The normalized spacial score (nSPS) is 42.6. The van der Waals surface area contributed by atoms with Crippen molar-refractivity contribution in [1.82, 2.24) is 10.2 Å². The highest BCUT2D eigenvalue weighted by molar-refractivity contribution is 8.00. The van der Waals surface area contributed by atoms with Crippen LogP contribution in [0.15, 0.2) is 12.2 Å². The van der Waals surface area contributed by atoms with Gasteiger partial charge in [0.1, 0.15) is 48.4 Å². The van der Waals surface area contributed by atoms with E-state index in [1.54, 1.807) is 26.8 Å². The Balaban J connectivity index is 1.72. The third-order valence-corrected chi connectivity index (χ3v) is 13.8. The van der Waals surface area contributed by atoms with E-state index >= 15 is 0 Å². The number of nitrogens with zero attached hydrogens (tertiary/aromatic N) is 1. The molecule has 0 aromatic heterocycles. The number of carbonyl (C=O) groups is 4. The standard InChI is InChI=1S/C42H70N2O16S/c1-12-30-42(52,19-55-41-37(54-11)36(53-10)32(48)24(6)57-41)38-35(59-38)29(61-18-26(39(50)51)43-25(7)45)17-28(46)21(3)15-22(4)34(20(2)13-14-31(47)58-30)60-40-33(49)27(44(8)9)16-23(5)56-40/h13-14,20-24,26-27,29-30,32-38,40-41,48-49,52H,12,15-19H2,1-11H3,(H,43,45)(H,50,51)/b14-13+/t20-,21+,22-,23-,24+,26-,27+,29+,30-,32-,33+,34-,35+,36+,37-,38-,40+,41-,42-/m1/s1. The van der Waals surface area contributed by atoms with E-state index in [1.165, 1.54) is 27.2 Å². The number of likely N-dealkylation sites (N-methyl/N-ethyl adjacent to an activating group) is 1. The molecule has 0 aromatic carbocycles. The summed E-state index contributed by atoms with van der Waals surface area (Å²) in [5, 5.41) is 46.4. The monoisotopic (exact) mass is 890 g/mol. The molecule has 0 aliphatic carbocycles. The maximum Gasteiger partial charge on any atom is 0.330 e. The SMILES string of the molecule is CC[C@H]1OC(=O)/C=C/[C@@H](C)[C@@H](O[C@@H]2O[C@H](C)C[C@H](N(C)C)[C@@H]2O)[C@H](C)C[C@H](C)C(=O)C[C@H](SC[C@@H](NC(C)=O)C(=O)O)[C@@H]2O[C@H]2[C@@]1(O)CO[C@@H]1O[C@@H](C)[C@@H](O)[C@H](OC)[C@H]1OC. The Bertz CT molecular complexity index is 1510. The average molecular weight is 891 g/mol. The fourth-order valence-electron chi connectivity index (χ4n) is 8.80. The third kappa shape index (κ3) is 12.9. The van der Waals surface area contributed by atoms with Crippen LogP contribution in [0.25, 0.3) is 0 Å². The summed E-state index contributed by atoms with van der Waals surface area (Å²) in [7, 11) is 6.57. The van der Waals surface area contributed by atoms with E-state index < -0.39 is 121 Å². The number of ketones is 1. The number of aliphatic hydroxyl groups is 3. The summed E-state index contributed by atoms with van der Waals surface area (Å²) in [6, 6.07) is -1.51. The Morgan fingerprint density at radius 2 is 1.66 bits per heavy atom. The summed E-state index contributed by atoms with van der Waals surface area (Å²) in [6.07, 6.45) is -6.82. The molecule has 0 saturated carbocycles. The first-order valence-corrected chi connectivity index (χ1v) is 22.3. The number of fused-ring (bicyclic) bond motifs is 1. The minimum atomic E-state index is -2.05. The highest BCUT2D eigenvalue weighted by atomic mass is 32.2. The van der Waals surface area contributed by atoms with Crippen molar-refractivity contribution >= 4 is 35.4 Å². The topological polar surface area (TPSA) is 242 Å². The van der Waals surface area contributed by atoms with Gasteiger partial charge in [-0.3, -0.25) is 9.59 Å². The van der Waals surface area contributed by atoms with E-state index in [2.05, 4.69) is 5.32 Å². The van der Waals surface area contributed by atoms with Gasteiger partial charge in [0.05, 0.1) is 31.0 Å². The molecule has 0 bridgehead atoms. The zero-order valence-corrected chi connectivity index (χ0v) is 38.1. The lowest BCUT2D eigenvalue weighted by atomic mass is 9.83. The van der Waals surface area contributed by atoms with Gasteiger partial charge in [-0.2, -0.15) is 11.8 Å². The number of Topliss-reactive ketones (excluding diaryl/α,β-unsaturated/α-hetero) is 1. The Morgan fingerprint density at radius 1 is 0.984 bits per heavy atom. The number of hydrogen-bond donors (Lipinski definition) is 5. The van der Waals surface area contributed by atoms with Crippen LogP contribution in [0.1, 0.15) is 74.1 Å². The number of carboxylic acids is 1. The smallest absolute Gasteiger partial charge is 0.330 e. The largest absolute Gasteiger partial charge is 0.480 e. The van der Waals surface area contributed by atoms with Crippen LogP contribution in [-0.2, 0) is 57.1 Å². The van der Waals surface area contributed by atoms with Gasteiger partial charge < -0.3 is 68.5 Å². The maximum atomic E-state index is 14.2. The van der Waals surface area contributed by atoms with E-state index in [1.807, 2.05) is 39.8 Å². The lowest BCUT2D eigenvalue weighted by Crippen LogP contribution is -2.61. The van der Waals surface area contributed by atoms with Crippen molar-refractivity contribution in [3.8, 4) is 0 Å². The second-order valence-corrected chi connectivity index (χ2v) is 18.7. The van der Waals surface area contributed by atoms with Crippen molar-refractivity contribution in [2.45, 2.75) is 171 Å². The van der Waals surface area contributed by atoms with Crippen molar-refractivity contribution in [3.05, 3.63) is 12.2 Å². The molecule has 3 fully saturated rings. The number of nitrogens with one attached hydrogen (secondary N) is 1. The van der Waals surface area contributed by atoms with Crippen LogP contribution in [0.4, 0.5) is 0 Å². The number of carboxylic acid groups (broad SMARTS) is 1. The molecule has 19 atom stereocenters. The Hall–Kier alpha value is -2.27. The molecule has 0 radical (unpaired) electrons. The van der Waals surface area contributed by atoms with Crippen LogP contribution < -0.4 is 5.32 Å². The van der Waals surface area contributed by atoms with Crippen LogP contribution in [-0.4, -0.2) is 186 Å². The van der Waals surface area contributed by atoms with Gasteiger partial charge in [0.15, 0.2) is 18.2 Å². The number of ether oxygens (including phenoxy) is 8. The molecule has 4 aliphatic rings. The van der Waals surface area contributed by atoms with Crippen molar-refractivity contribution in [2.24, 2.45) is 17.8 Å². The van der Waals surface area contributed by atoms with Crippen molar-refractivity contribution < 1.29 is 77.5 Å². The minimum absolute atomic E-state index is 0.0878. The molecule has 0 unspecified atom stereocenters. The molecule has 61 heavy (non-hydrogen) atoms.